The van der Waals surface area contributed by atoms with E-state index in [0.717, 1.165) is 51.4 Å². The summed E-state index contributed by atoms with van der Waals surface area (Å²) in [5.41, 5.74) is 0. The number of unbranched alkanes of at least 4 members (excludes halogenated alkanes) is 27. The Hall–Kier alpha value is -2.37. The third-order valence-electron chi connectivity index (χ3n) is 10.6. The number of hydrogen-bond acceptors (Lipinski definition) is 6. The summed E-state index contributed by atoms with van der Waals surface area (Å²) in [4.78, 5) is 37.7. The molecule has 0 aromatic rings. The van der Waals surface area contributed by atoms with Crippen LogP contribution in [-0.4, -0.2) is 37.2 Å². The number of rotatable bonds is 44. The van der Waals surface area contributed by atoms with Gasteiger partial charge in [0.05, 0.1) is 0 Å². The molecular weight excluding hydrogens is 709 g/mol. The highest BCUT2D eigenvalue weighted by Gasteiger charge is 2.19. The van der Waals surface area contributed by atoms with Crippen LogP contribution in [0.25, 0.3) is 0 Å². The van der Waals surface area contributed by atoms with Crippen molar-refractivity contribution >= 4 is 17.9 Å². The number of carbonyl (C=O) groups excluding carboxylic acids is 3. The van der Waals surface area contributed by atoms with Gasteiger partial charge >= 0.3 is 17.9 Å². The third kappa shape index (κ3) is 44.6. The van der Waals surface area contributed by atoms with Crippen molar-refractivity contribution in [2.24, 2.45) is 0 Å². The van der Waals surface area contributed by atoms with Crippen LogP contribution in [-0.2, 0) is 28.6 Å². The molecule has 0 fully saturated rings. The standard InChI is InChI=1S/C51H92O6/c1-4-7-10-13-16-19-21-23-24-25-26-28-29-32-35-38-41-44-50(53)56-47-48(46-55-49(52)43-40-37-34-31-18-15-12-9-6-3)57-51(54)45-42-39-36-33-30-27-22-20-17-14-11-8-5-2/h23-24,27,30,36,39,48H,4-22,25-26,28-29,31-35,37-38,40-47H2,1-3H3/b24-23-,30-27-,39-36-. The van der Waals surface area contributed by atoms with Gasteiger partial charge in [-0.3, -0.25) is 14.4 Å². The first-order chi connectivity index (χ1) is 28.0. The van der Waals surface area contributed by atoms with E-state index in [-0.39, 0.29) is 37.5 Å². The quantitative estimate of drug-likeness (QED) is 0.0264. The van der Waals surface area contributed by atoms with Crippen molar-refractivity contribution in [2.75, 3.05) is 13.2 Å². The lowest BCUT2D eigenvalue weighted by Gasteiger charge is -2.18. The Bertz CT molecular complexity index is 969. The van der Waals surface area contributed by atoms with E-state index >= 15 is 0 Å². The molecule has 0 bridgehead atoms. The first-order valence-corrected chi connectivity index (χ1v) is 24.5. The van der Waals surface area contributed by atoms with Crippen LogP contribution in [0.15, 0.2) is 36.5 Å². The highest BCUT2D eigenvalue weighted by molar-refractivity contribution is 5.71. The van der Waals surface area contributed by atoms with Crippen molar-refractivity contribution in [2.45, 2.75) is 258 Å². The molecule has 332 valence electrons. The molecule has 6 nitrogen and oxygen atoms in total. The molecule has 0 aliphatic carbocycles. The summed E-state index contributed by atoms with van der Waals surface area (Å²) >= 11 is 0. The van der Waals surface area contributed by atoms with Crippen molar-refractivity contribution in [3.8, 4) is 0 Å². The Morgan fingerprint density at radius 3 is 1.05 bits per heavy atom. The highest BCUT2D eigenvalue weighted by Crippen LogP contribution is 2.14. The van der Waals surface area contributed by atoms with Gasteiger partial charge in [-0.05, 0) is 64.2 Å². The molecule has 0 aliphatic heterocycles. The molecule has 0 spiro atoms. The monoisotopic (exact) mass is 801 g/mol. The van der Waals surface area contributed by atoms with E-state index in [1.54, 1.807) is 0 Å². The number of allylic oxidation sites excluding steroid dienone is 6. The summed E-state index contributed by atoms with van der Waals surface area (Å²) in [5, 5.41) is 0. The van der Waals surface area contributed by atoms with E-state index in [9.17, 15) is 14.4 Å². The largest absolute Gasteiger partial charge is 0.462 e. The fourth-order valence-electron chi connectivity index (χ4n) is 6.90. The van der Waals surface area contributed by atoms with Gasteiger partial charge in [0, 0.05) is 19.3 Å². The first kappa shape index (κ1) is 54.6. The molecule has 0 aromatic heterocycles. The molecule has 0 aromatic carbocycles. The van der Waals surface area contributed by atoms with Crippen LogP contribution in [0.4, 0.5) is 0 Å². The number of carbonyl (C=O) groups is 3. The maximum atomic E-state index is 12.7. The van der Waals surface area contributed by atoms with Gasteiger partial charge in [0.2, 0.25) is 0 Å². The summed E-state index contributed by atoms with van der Waals surface area (Å²) < 4.78 is 16.7. The predicted octanol–water partition coefficient (Wildman–Crippen LogP) is 15.8. The van der Waals surface area contributed by atoms with E-state index in [1.165, 1.54) is 154 Å². The summed E-state index contributed by atoms with van der Waals surface area (Å²) in [7, 11) is 0. The molecule has 0 radical (unpaired) electrons. The van der Waals surface area contributed by atoms with E-state index in [2.05, 4.69) is 51.2 Å². The SMILES string of the molecule is CCCCCCCC/C=C\C/C=C\CCC(=O)OC(COC(=O)CCCCCCCCC/C=C\CCCCCCCC)COC(=O)CCCCCCCCCCC. The lowest BCUT2D eigenvalue weighted by molar-refractivity contribution is -0.166. The predicted molar refractivity (Wildman–Crippen MR) is 242 cm³/mol. The molecule has 6 heteroatoms. The summed E-state index contributed by atoms with van der Waals surface area (Å²) in [6, 6.07) is 0. The second kappa shape index (κ2) is 46.3. The molecule has 0 N–H and O–H groups in total. The maximum Gasteiger partial charge on any atom is 0.306 e. The average Bonchev–Trinajstić information content (AvgIpc) is 3.21. The molecule has 1 unspecified atom stereocenters. The van der Waals surface area contributed by atoms with E-state index in [0.29, 0.717) is 19.3 Å². The average molecular weight is 801 g/mol. The Balaban J connectivity index is 4.37. The van der Waals surface area contributed by atoms with Crippen molar-refractivity contribution in [3.05, 3.63) is 36.5 Å². The van der Waals surface area contributed by atoms with Gasteiger partial charge in [-0.25, -0.2) is 0 Å². The van der Waals surface area contributed by atoms with E-state index < -0.39 is 6.10 Å². The van der Waals surface area contributed by atoms with E-state index in [1.807, 2.05) is 6.08 Å². The minimum absolute atomic E-state index is 0.0938. The molecule has 0 aliphatic rings. The molecule has 0 saturated carbocycles. The molecule has 0 rings (SSSR count). The van der Waals surface area contributed by atoms with Crippen molar-refractivity contribution < 1.29 is 28.6 Å². The summed E-state index contributed by atoms with van der Waals surface area (Å²) in [5.74, 6) is -0.964. The van der Waals surface area contributed by atoms with Gasteiger partial charge < -0.3 is 14.2 Å². The van der Waals surface area contributed by atoms with Crippen molar-refractivity contribution in [3.63, 3.8) is 0 Å². The van der Waals surface area contributed by atoms with Gasteiger partial charge in [-0.2, -0.15) is 0 Å². The van der Waals surface area contributed by atoms with Crippen LogP contribution < -0.4 is 0 Å². The Morgan fingerprint density at radius 1 is 0.351 bits per heavy atom. The number of esters is 3. The summed E-state index contributed by atoms with van der Waals surface area (Å²) in [6.07, 6.45) is 52.9. The molecule has 0 heterocycles. The van der Waals surface area contributed by atoms with Crippen LogP contribution in [0.3, 0.4) is 0 Å². The smallest absolute Gasteiger partial charge is 0.306 e. The Labute approximate surface area is 353 Å². The maximum absolute atomic E-state index is 12.7. The van der Waals surface area contributed by atoms with Crippen LogP contribution in [0.1, 0.15) is 252 Å². The van der Waals surface area contributed by atoms with Gasteiger partial charge in [0.1, 0.15) is 13.2 Å². The Morgan fingerprint density at radius 2 is 0.667 bits per heavy atom. The van der Waals surface area contributed by atoms with Gasteiger partial charge in [0.15, 0.2) is 6.10 Å². The third-order valence-corrected chi connectivity index (χ3v) is 10.6. The Kier molecular flexibility index (Phi) is 44.4. The number of ether oxygens (including phenoxy) is 3. The van der Waals surface area contributed by atoms with Crippen molar-refractivity contribution in [1.82, 2.24) is 0 Å². The second-order valence-electron chi connectivity index (χ2n) is 16.4. The molecule has 1 atom stereocenters. The lowest BCUT2D eigenvalue weighted by Crippen LogP contribution is -2.30. The van der Waals surface area contributed by atoms with Gasteiger partial charge in [-0.1, -0.05) is 205 Å². The van der Waals surface area contributed by atoms with Crippen LogP contribution in [0.2, 0.25) is 0 Å². The normalized spacial score (nSPS) is 12.3. The van der Waals surface area contributed by atoms with E-state index in [4.69, 9.17) is 14.2 Å². The minimum atomic E-state index is -0.798. The molecule has 0 saturated heterocycles. The molecular formula is C51H92O6. The van der Waals surface area contributed by atoms with Crippen LogP contribution in [0, 0.1) is 0 Å². The first-order valence-electron chi connectivity index (χ1n) is 24.5. The van der Waals surface area contributed by atoms with Gasteiger partial charge in [-0.15, -0.1) is 0 Å². The summed E-state index contributed by atoms with van der Waals surface area (Å²) in [6.45, 7) is 6.56. The van der Waals surface area contributed by atoms with Gasteiger partial charge in [0.25, 0.3) is 0 Å². The fraction of sp³-hybridized carbons (Fsp3) is 0.824. The number of hydrogen-bond donors (Lipinski definition) is 0. The van der Waals surface area contributed by atoms with Crippen LogP contribution in [0.5, 0.6) is 0 Å². The lowest BCUT2D eigenvalue weighted by atomic mass is 10.1. The zero-order valence-corrected chi connectivity index (χ0v) is 37.9. The topological polar surface area (TPSA) is 78.9 Å². The molecule has 57 heavy (non-hydrogen) atoms. The highest BCUT2D eigenvalue weighted by atomic mass is 16.6. The fourth-order valence-corrected chi connectivity index (χ4v) is 6.90. The zero-order valence-electron chi connectivity index (χ0n) is 37.9. The minimum Gasteiger partial charge on any atom is -0.462 e. The van der Waals surface area contributed by atoms with Crippen LogP contribution >= 0.6 is 0 Å². The second-order valence-corrected chi connectivity index (χ2v) is 16.4. The zero-order chi connectivity index (χ0) is 41.5. The molecule has 0 amide bonds. The van der Waals surface area contributed by atoms with Crippen molar-refractivity contribution in [1.29, 1.82) is 0 Å².